The Morgan fingerprint density at radius 3 is 2.53 bits per heavy atom. The number of aryl methyl sites for hydroxylation is 1. The summed E-state index contributed by atoms with van der Waals surface area (Å²) < 4.78 is 44.3. The number of carbonyl (C=O) groups excluding carboxylic acids is 1. The van der Waals surface area contributed by atoms with Gasteiger partial charge in [-0.15, -0.1) is 0 Å². The van der Waals surface area contributed by atoms with Crippen LogP contribution in [-0.4, -0.2) is 56.7 Å². The summed E-state index contributed by atoms with van der Waals surface area (Å²) >= 11 is 0. The molecular weight excluding hydrogens is 449 g/mol. The third-order valence-electron chi connectivity index (χ3n) is 5.95. The van der Waals surface area contributed by atoms with Gasteiger partial charge in [0.2, 0.25) is 11.7 Å². The summed E-state index contributed by atoms with van der Waals surface area (Å²) in [5.41, 5.74) is 2.44. The molecule has 4 heterocycles. The molecule has 0 spiro atoms. The number of fused-ring (bicyclic) bond motifs is 1. The zero-order valence-electron chi connectivity index (χ0n) is 18.3. The maximum absolute atomic E-state index is 12.9. The van der Waals surface area contributed by atoms with Crippen LogP contribution in [-0.2, 0) is 24.4 Å². The fraction of sp³-hybridized carbons (Fsp3) is 0.304. The molecule has 0 aliphatic carbocycles. The molecule has 176 valence electrons. The summed E-state index contributed by atoms with van der Waals surface area (Å²) in [6.07, 6.45) is -0.924. The lowest BCUT2D eigenvalue weighted by Gasteiger charge is -2.35. The minimum atomic E-state index is -4.69. The molecule has 5 rings (SSSR count). The molecule has 1 aromatic carbocycles. The average molecular weight is 470 g/mol. The molecule has 0 radical (unpaired) electrons. The number of carbonyl (C=O) groups is 1. The zero-order chi connectivity index (χ0) is 23.9. The summed E-state index contributed by atoms with van der Waals surface area (Å²) in [6, 6.07) is 11.3. The van der Waals surface area contributed by atoms with E-state index in [0.717, 1.165) is 16.5 Å². The first-order chi connectivity index (χ1) is 16.3. The van der Waals surface area contributed by atoms with Gasteiger partial charge < -0.3 is 18.9 Å². The Kier molecular flexibility index (Phi) is 5.46. The van der Waals surface area contributed by atoms with Crippen LogP contribution in [0, 0.1) is 0 Å². The maximum atomic E-state index is 12.9. The molecule has 0 atom stereocenters. The molecule has 0 saturated carbocycles. The van der Waals surface area contributed by atoms with E-state index in [1.54, 1.807) is 12.1 Å². The number of rotatable bonds is 4. The Hall–Kier alpha value is -3.89. The van der Waals surface area contributed by atoms with Gasteiger partial charge in [0, 0.05) is 62.1 Å². The summed E-state index contributed by atoms with van der Waals surface area (Å²) in [4.78, 5) is 24.5. The van der Waals surface area contributed by atoms with Gasteiger partial charge in [-0.2, -0.15) is 18.2 Å². The quantitative estimate of drug-likeness (QED) is 0.454. The number of hydrogen-bond acceptors (Lipinski definition) is 6. The fourth-order valence-corrected chi connectivity index (χ4v) is 4.19. The topological polar surface area (TPSA) is 80.3 Å². The van der Waals surface area contributed by atoms with Gasteiger partial charge in [-0.1, -0.05) is 23.4 Å². The highest BCUT2D eigenvalue weighted by Crippen LogP contribution is 2.29. The standard InChI is InChI=1S/C23H21F3N6O2/c1-30-14-16(17-4-2-3-5-18(17)30)12-20(33)32-10-8-31(9-11-32)19-7-6-15(13-27-19)21-28-22(34-29-21)23(24,25)26/h2-7,13-14H,8-12H2,1H3. The van der Waals surface area contributed by atoms with Crippen molar-refractivity contribution in [1.29, 1.82) is 0 Å². The smallest absolute Gasteiger partial charge is 0.353 e. The Morgan fingerprint density at radius 2 is 1.85 bits per heavy atom. The van der Waals surface area contributed by atoms with E-state index in [0.29, 0.717) is 44.0 Å². The van der Waals surface area contributed by atoms with Crippen LogP contribution in [0.5, 0.6) is 0 Å². The van der Waals surface area contributed by atoms with E-state index in [-0.39, 0.29) is 11.7 Å². The van der Waals surface area contributed by atoms with Gasteiger partial charge in [-0.05, 0) is 23.8 Å². The fourth-order valence-electron chi connectivity index (χ4n) is 4.19. The third kappa shape index (κ3) is 4.20. The molecule has 1 aliphatic rings. The van der Waals surface area contributed by atoms with E-state index in [9.17, 15) is 18.0 Å². The van der Waals surface area contributed by atoms with Gasteiger partial charge in [0.25, 0.3) is 0 Å². The van der Waals surface area contributed by atoms with Crippen molar-refractivity contribution in [2.75, 3.05) is 31.1 Å². The lowest BCUT2D eigenvalue weighted by atomic mass is 10.1. The van der Waals surface area contributed by atoms with Gasteiger partial charge in [-0.3, -0.25) is 4.79 Å². The number of aromatic nitrogens is 4. The van der Waals surface area contributed by atoms with E-state index in [2.05, 4.69) is 19.6 Å². The average Bonchev–Trinajstić information content (AvgIpc) is 3.45. The molecule has 8 nitrogen and oxygen atoms in total. The minimum absolute atomic E-state index is 0.0804. The SMILES string of the molecule is Cn1cc(CC(=O)N2CCN(c3ccc(-c4noc(C(F)(F)F)n4)cn3)CC2)c2ccccc21. The van der Waals surface area contributed by atoms with Gasteiger partial charge in [0.05, 0.1) is 6.42 Å². The largest absolute Gasteiger partial charge is 0.471 e. The summed E-state index contributed by atoms with van der Waals surface area (Å²) in [5.74, 6) is -0.813. The third-order valence-corrected chi connectivity index (χ3v) is 5.95. The summed E-state index contributed by atoms with van der Waals surface area (Å²) in [7, 11) is 1.97. The van der Waals surface area contributed by atoms with Crippen molar-refractivity contribution in [2.24, 2.45) is 7.05 Å². The normalized spacial score (nSPS) is 14.7. The van der Waals surface area contributed by atoms with Crippen LogP contribution >= 0.6 is 0 Å². The monoisotopic (exact) mass is 470 g/mol. The first-order valence-corrected chi connectivity index (χ1v) is 10.7. The molecular formula is C23H21F3N6O2. The van der Waals surface area contributed by atoms with E-state index >= 15 is 0 Å². The molecule has 0 unspecified atom stereocenters. The van der Waals surface area contributed by atoms with Crippen LogP contribution in [0.1, 0.15) is 11.5 Å². The summed E-state index contributed by atoms with van der Waals surface area (Å²) in [5, 5.41) is 4.46. The number of nitrogens with zero attached hydrogens (tertiary/aromatic N) is 6. The number of benzene rings is 1. The van der Waals surface area contributed by atoms with Crippen molar-refractivity contribution in [3.05, 3.63) is 60.2 Å². The number of alkyl halides is 3. The van der Waals surface area contributed by atoms with Crippen LogP contribution in [0.25, 0.3) is 22.3 Å². The van der Waals surface area contributed by atoms with E-state index in [1.165, 1.54) is 6.20 Å². The minimum Gasteiger partial charge on any atom is -0.353 e. The number of para-hydroxylation sites is 1. The van der Waals surface area contributed by atoms with Crippen LogP contribution < -0.4 is 4.90 Å². The Balaban J connectivity index is 1.20. The number of anilines is 1. The Morgan fingerprint density at radius 1 is 1.09 bits per heavy atom. The molecule has 4 aromatic rings. The second-order valence-electron chi connectivity index (χ2n) is 8.15. The molecule has 3 aromatic heterocycles. The second-order valence-corrected chi connectivity index (χ2v) is 8.15. The molecule has 1 amide bonds. The molecule has 1 fully saturated rings. The van der Waals surface area contributed by atoms with Crippen molar-refractivity contribution in [1.82, 2.24) is 24.6 Å². The first-order valence-electron chi connectivity index (χ1n) is 10.7. The molecule has 34 heavy (non-hydrogen) atoms. The number of amides is 1. The highest BCUT2D eigenvalue weighted by atomic mass is 19.4. The van der Waals surface area contributed by atoms with E-state index in [1.807, 2.05) is 51.9 Å². The molecule has 1 aliphatic heterocycles. The molecule has 1 saturated heterocycles. The summed E-state index contributed by atoms with van der Waals surface area (Å²) in [6.45, 7) is 2.34. The van der Waals surface area contributed by atoms with Crippen molar-refractivity contribution >= 4 is 22.6 Å². The van der Waals surface area contributed by atoms with Crippen molar-refractivity contribution in [3.8, 4) is 11.4 Å². The molecule has 0 bridgehead atoms. The predicted molar refractivity (Wildman–Crippen MR) is 118 cm³/mol. The predicted octanol–water partition coefficient (Wildman–Crippen LogP) is 3.53. The van der Waals surface area contributed by atoms with Gasteiger partial charge >= 0.3 is 12.1 Å². The Bertz CT molecular complexity index is 1320. The lowest BCUT2D eigenvalue weighted by Crippen LogP contribution is -2.49. The van der Waals surface area contributed by atoms with Crippen LogP contribution in [0.2, 0.25) is 0 Å². The second kappa shape index (κ2) is 8.47. The first kappa shape index (κ1) is 21.9. The highest BCUT2D eigenvalue weighted by Gasteiger charge is 2.38. The number of hydrogen-bond donors (Lipinski definition) is 0. The lowest BCUT2D eigenvalue weighted by molar-refractivity contribution is -0.159. The number of piperazine rings is 1. The molecule has 11 heteroatoms. The van der Waals surface area contributed by atoms with E-state index < -0.39 is 12.1 Å². The highest BCUT2D eigenvalue weighted by molar-refractivity contribution is 5.89. The zero-order valence-corrected chi connectivity index (χ0v) is 18.3. The maximum Gasteiger partial charge on any atom is 0.471 e. The number of halogens is 3. The molecule has 0 N–H and O–H groups in total. The van der Waals surface area contributed by atoms with Crippen LogP contribution in [0.3, 0.4) is 0 Å². The van der Waals surface area contributed by atoms with Gasteiger partial charge in [-0.25, -0.2) is 4.98 Å². The number of pyridine rings is 1. The van der Waals surface area contributed by atoms with Crippen molar-refractivity contribution < 1.29 is 22.5 Å². The van der Waals surface area contributed by atoms with Gasteiger partial charge in [0.1, 0.15) is 5.82 Å². The Labute approximate surface area is 192 Å². The van der Waals surface area contributed by atoms with Crippen LogP contribution in [0.4, 0.5) is 19.0 Å². The van der Waals surface area contributed by atoms with Crippen molar-refractivity contribution in [3.63, 3.8) is 0 Å². The van der Waals surface area contributed by atoms with Gasteiger partial charge in [0.15, 0.2) is 0 Å². The van der Waals surface area contributed by atoms with Crippen LogP contribution in [0.15, 0.2) is 53.3 Å². The van der Waals surface area contributed by atoms with E-state index in [4.69, 9.17) is 0 Å². The van der Waals surface area contributed by atoms with Crippen molar-refractivity contribution in [2.45, 2.75) is 12.6 Å².